The quantitative estimate of drug-likeness (QED) is 0.558. The SMILES string of the molecule is O=[N+]([O-])c1ccc([N+](=O)[O-])c2[nH+][nH]nc12. The zero-order valence-electron chi connectivity index (χ0n) is 7.13. The molecule has 1 heterocycles. The molecule has 0 saturated carbocycles. The molecule has 0 saturated heterocycles. The molecule has 0 atom stereocenters. The van der Waals surface area contributed by atoms with Crippen molar-refractivity contribution < 1.29 is 14.9 Å². The number of benzene rings is 1. The third-order valence-electron chi connectivity index (χ3n) is 1.88. The minimum atomic E-state index is -0.652. The number of fused-ring (bicyclic) bond motifs is 1. The summed E-state index contributed by atoms with van der Waals surface area (Å²) in [7, 11) is 0. The molecule has 0 unspecified atom stereocenters. The molecule has 2 rings (SSSR count). The van der Waals surface area contributed by atoms with Crippen molar-refractivity contribution in [3.05, 3.63) is 32.4 Å². The first-order valence-corrected chi connectivity index (χ1v) is 3.79. The highest BCUT2D eigenvalue weighted by Crippen LogP contribution is 2.27. The van der Waals surface area contributed by atoms with Crippen molar-refractivity contribution >= 4 is 22.4 Å². The van der Waals surface area contributed by atoms with E-state index in [2.05, 4.69) is 15.4 Å². The van der Waals surface area contributed by atoms with Crippen LogP contribution in [-0.2, 0) is 0 Å². The summed E-state index contributed by atoms with van der Waals surface area (Å²) in [6.07, 6.45) is 0. The lowest BCUT2D eigenvalue weighted by Crippen LogP contribution is -2.04. The van der Waals surface area contributed by atoms with Crippen molar-refractivity contribution in [2.45, 2.75) is 0 Å². The molecule has 0 aliphatic carbocycles. The van der Waals surface area contributed by atoms with E-state index in [4.69, 9.17) is 0 Å². The number of non-ortho nitro benzene ring substituents is 2. The van der Waals surface area contributed by atoms with Crippen LogP contribution in [-0.4, -0.2) is 20.2 Å². The van der Waals surface area contributed by atoms with E-state index in [1.54, 1.807) is 0 Å². The highest BCUT2D eigenvalue weighted by atomic mass is 16.6. The molecule has 9 nitrogen and oxygen atoms in total. The van der Waals surface area contributed by atoms with Crippen molar-refractivity contribution in [2.75, 3.05) is 0 Å². The van der Waals surface area contributed by atoms with Crippen molar-refractivity contribution in [3.8, 4) is 0 Å². The molecule has 0 bridgehead atoms. The first-order chi connectivity index (χ1) is 7.11. The Bertz CT molecular complexity index is 514. The molecule has 2 aromatic rings. The summed E-state index contributed by atoms with van der Waals surface area (Å²) < 4.78 is 0. The van der Waals surface area contributed by atoms with Crippen LogP contribution in [0.3, 0.4) is 0 Å². The van der Waals surface area contributed by atoms with Gasteiger partial charge in [-0.3, -0.25) is 20.2 Å². The fourth-order valence-electron chi connectivity index (χ4n) is 1.25. The van der Waals surface area contributed by atoms with Crippen molar-refractivity contribution in [1.29, 1.82) is 0 Å². The van der Waals surface area contributed by atoms with Gasteiger partial charge in [0, 0.05) is 12.1 Å². The zero-order valence-corrected chi connectivity index (χ0v) is 7.13. The van der Waals surface area contributed by atoms with Crippen molar-refractivity contribution in [1.82, 2.24) is 10.3 Å². The predicted molar refractivity (Wildman–Crippen MR) is 46.0 cm³/mol. The van der Waals surface area contributed by atoms with Crippen LogP contribution in [0.4, 0.5) is 11.4 Å². The van der Waals surface area contributed by atoms with E-state index in [-0.39, 0.29) is 22.4 Å². The summed E-state index contributed by atoms with van der Waals surface area (Å²) in [5.41, 5.74) is -0.596. The Morgan fingerprint density at radius 2 is 1.80 bits per heavy atom. The number of nitro benzene ring substituents is 2. The maximum atomic E-state index is 10.6. The molecule has 15 heavy (non-hydrogen) atoms. The van der Waals surface area contributed by atoms with Gasteiger partial charge < -0.3 is 0 Å². The minimum absolute atomic E-state index is 0.00852. The molecule has 0 fully saturated rings. The number of nitrogens with zero attached hydrogens (tertiary/aromatic N) is 3. The number of hydrogen-bond donors (Lipinski definition) is 1. The van der Waals surface area contributed by atoms with Crippen LogP contribution >= 0.6 is 0 Å². The van der Waals surface area contributed by atoms with Gasteiger partial charge in [0.1, 0.15) is 0 Å². The van der Waals surface area contributed by atoms with Gasteiger partial charge in [0.2, 0.25) is 0 Å². The summed E-state index contributed by atoms with van der Waals surface area (Å²) in [6.45, 7) is 0. The maximum Gasteiger partial charge on any atom is 0.332 e. The zero-order chi connectivity index (χ0) is 11.0. The van der Waals surface area contributed by atoms with Gasteiger partial charge >= 0.3 is 16.9 Å². The summed E-state index contributed by atoms with van der Waals surface area (Å²) in [5.74, 6) is 0. The predicted octanol–water partition coefficient (Wildman–Crippen LogP) is 0.193. The van der Waals surface area contributed by atoms with E-state index >= 15 is 0 Å². The lowest BCUT2D eigenvalue weighted by molar-refractivity contribution is -0.441. The molecular weight excluding hydrogens is 206 g/mol. The number of nitro groups is 2. The summed E-state index contributed by atoms with van der Waals surface area (Å²) >= 11 is 0. The number of aromatic amines is 2. The Balaban J connectivity index is 2.82. The van der Waals surface area contributed by atoms with Gasteiger partial charge in [-0.25, -0.2) is 0 Å². The van der Waals surface area contributed by atoms with Crippen LogP contribution in [0, 0.1) is 20.2 Å². The Morgan fingerprint density at radius 1 is 1.20 bits per heavy atom. The Labute approximate surface area is 81.0 Å². The molecule has 9 heteroatoms. The summed E-state index contributed by atoms with van der Waals surface area (Å²) in [6, 6.07) is 2.11. The van der Waals surface area contributed by atoms with Crippen LogP contribution in [0.1, 0.15) is 0 Å². The monoisotopic (exact) mass is 210 g/mol. The molecule has 0 aliphatic rings. The molecule has 2 N–H and O–H groups in total. The molecule has 1 aromatic carbocycles. The third-order valence-corrected chi connectivity index (χ3v) is 1.88. The van der Waals surface area contributed by atoms with E-state index in [0.29, 0.717) is 0 Å². The Kier molecular flexibility index (Phi) is 1.78. The van der Waals surface area contributed by atoms with E-state index < -0.39 is 9.85 Å². The molecule has 0 spiro atoms. The average molecular weight is 210 g/mol. The van der Waals surface area contributed by atoms with Crippen molar-refractivity contribution in [3.63, 3.8) is 0 Å². The molecule has 0 amide bonds. The van der Waals surface area contributed by atoms with E-state index in [1.165, 1.54) is 0 Å². The second kappa shape index (κ2) is 2.97. The average Bonchev–Trinajstić information content (AvgIpc) is 2.63. The molecule has 0 aliphatic heterocycles. The van der Waals surface area contributed by atoms with Gasteiger partial charge in [-0.15, -0.1) is 0 Å². The van der Waals surface area contributed by atoms with Gasteiger partial charge in [0.25, 0.3) is 5.52 Å². The molecule has 1 aromatic heterocycles. The first-order valence-electron chi connectivity index (χ1n) is 3.79. The first kappa shape index (κ1) is 8.99. The highest BCUT2D eigenvalue weighted by Gasteiger charge is 2.28. The normalized spacial score (nSPS) is 10.4. The lowest BCUT2D eigenvalue weighted by Gasteiger charge is -1.89. The number of rotatable bonds is 2. The molecule has 76 valence electrons. The molecule has 0 radical (unpaired) electrons. The van der Waals surface area contributed by atoms with Crippen LogP contribution in [0.5, 0.6) is 0 Å². The van der Waals surface area contributed by atoms with Gasteiger partial charge in [0.15, 0.2) is 0 Å². The second-order valence-corrected chi connectivity index (χ2v) is 2.69. The number of nitrogens with one attached hydrogen (secondary N) is 2. The Morgan fingerprint density at radius 3 is 2.40 bits per heavy atom. The van der Waals surface area contributed by atoms with Gasteiger partial charge in [-0.2, -0.15) is 5.10 Å². The van der Waals surface area contributed by atoms with Crippen LogP contribution < -0.4 is 5.10 Å². The fourth-order valence-corrected chi connectivity index (χ4v) is 1.25. The van der Waals surface area contributed by atoms with Gasteiger partial charge in [-0.1, -0.05) is 5.21 Å². The van der Waals surface area contributed by atoms with Gasteiger partial charge in [0.05, 0.1) is 14.9 Å². The lowest BCUT2D eigenvalue weighted by atomic mass is 10.2. The number of hydrogen-bond acceptors (Lipinski definition) is 5. The highest BCUT2D eigenvalue weighted by molar-refractivity contribution is 5.88. The minimum Gasteiger partial charge on any atom is -0.258 e. The van der Waals surface area contributed by atoms with Crippen LogP contribution in [0.2, 0.25) is 0 Å². The number of aromatic nitrogens is 3. The smallest absolute Gasteiger partial charge is 0.258 e. The van der Waals surface area contributed by atoms with E-state index in [0.717, 1.165) is 12.1 Å². The van der Waals surface area contributed by atoms with Crippen LogP contribution in [0.25, 0.3) is 11.0 Å². The maximum absolute atomic E-state index is 10.6. The topological polar surface area (TPSA) is 129 Å². The largest absolute Gasteiger partial charge is 0.332 e. The standard InChI is InChI=1S/C6H3N5O4/c12-10(13)3-1-2-4(11(14)15)6-5(3)7-9-8-6/h1-2H,(H,7,8,9)/p+1. The second-order valence-electron chi connectivity index (χ2n) is 2.69. The van der Waals surface area contributed by atoms with E-state index in [9.17, 15) is 20.2 Å². The van der Waals surface area contributed by atoms with Crippen LogP contribution in [0.15, 0.2) is 12.1 Å². The summed E-state index contributed by atoms with van der Waals surface area (Å²) in [5, 5.41) is 29.3. The van der Waals surface area contributed by atoms with Crippen molar-refractivity contribution in [2.24, 2.45) is 0 Å². The third kappa shape index (κ3) is 1.25. The molecular formula is C6H4N5O4+. The fraction of sp³-hybridized carbons (Fsp3) is 0. The number of H-pyrrole nitrogens is 2. The van der Waals surface area contributed by atoms with Gasteiger partial charge in [-0.05, 0) is 0 Å². The Hall–Kier alpha value is -2.58. The van der Waals surface area contributed by atoms with E-state index in [1.807, 2.05) is 0 Å². The summed E-state index contributed by atoms with van der Waals surface area (Å²) in [4.78, 5) is 19.8.